The van der Waals surface area contributed by atoms with Gasteiger partial charge in [-0.25, -0.2) is 4.79 Å². The molecule has 4 N–H and O–H groups in total. The summed E-state index contributed by atoms with van der Waals surface area (Å²) in [6.45, 7) is 4.80. The van der Waals surface area contributed by atoms with Crippen LogP contribution >= 0.6 is 0 Å². The van der Waals surface area contributed by atoms with Gasteiger partial charge in [0.2, 0.25) is 5.91 Å². The van der Waals surface area contributed by atoms with Crippen LogP contribution in [0.4, 0.5) is 4.79 Å². The first-order chi connectivity index (χ1) is 9.34. The number of urea groups is 1. The zero-order valence-corrected chi connectivity index (χ0v) is 11.9. The SMILES string of the molecule is CC(C)CC(N)C(=O)N1CCCC2(C1)NC(=O)NC2=O. The molecule has 0 bridgehead atoms. The summed E-state index contributed by atoms with van der Waals surface area (Å²) in [6.07, 6.45) is 1.84. The van der Waals surface area contributed by atoms with E-state index in [-0.39, 0.29) is 18.4 Å². The highest BCUT2D eigenvalue weighted by Crippen LogP contribution is 2.25. The lowest BCUT2D eigenvalue weighted by atomic mass is 9.88. The molecule has 0 aromatic carbocycles. The third kappa shape index (κ3) is 2.77. The number of carbonyl (C=O) groups excluding carboxylic acids is 3. The predicted octanol–water partition coefficient (Wildman–Crippen LogP) is -0.440. The Balaban J connectivity index is 2.05. The van der Waals surface area contributed by atoms with Gasteiger partial charge < -0.3 is 16.0 Å². The first-order valence-corrected chi connectivity index (χ1v) is 7.02. The molecule has 2 unspecified atom stereocenters. The normalized spacial score (nSPS) is 27.7. The molecule has 7 heteroatoms. The van der Waals surface area contributed by atoms with Gasteiger partial charge in [0.05, 0.1) is 12.6 Å². The Morgan fingerprint density at radius 1 is 1.45 bits per heavy atom. The van der Waals surface area contributed by atoms with Gasteiger partial charge in [-0.1, -0.05) is 13.8 Å². The van der Waals surface area contributed by atoms with Crippen molar-refractivity contribution < 1.29 is 14.4 Å². The first-order valence-electron chi connectivity index (χ1n) is 7.02. The van der Waals surface area contributed by atoms with E-state index in [1.165, 1.54) is 0 Å². The topological polar surface area (TPSA) is 105 Å². The highest BCUT2D eigenvalue weighted by molar-refractivity contribution is 6.07. The monoisotopic (exact) mass is 282 g/mol. The van der Waals surface area contributed by atoms with Gasteiger partial charge >= 0.3 is 6.03 Å². The zero-order chi connectivity index (χ0) is 14.9. The Morgan fingerprint density at radius 2 is 2.15 bits per heavy atom. The number of likely N-dealkylation sites (tertiary alicyclic amines) is 1. The van der Waals surface area contributed by atoms with Crippen molar-refractivity contribution in [3.63, 3.8) is 0 Å². The molecule has 2 saturated heterocycles. The Hall–Kier alpha value is -1.63. The Kier molecular flexibility index (Phi) is 3.99. The van der Waals surface area contributed by atoms with Crippen LogP contribution in [-0.4, -0.2) is 47.4 Å². The van der Waals surface area contributed by atoms with E-state index in [2.05, 4.69) is 10.6 Å². The summed E-state index contributed by atoms with van der Waals surface area (Å²) < 4.78 is 0. The summed E-state index contributed by atoms with van der Waals surface area (Å²) >= 11 is 0. The van der Waals surface area contributed by atoms with E-state index in [9.17, 15) is 14.4 Å². The molecule has 2 aliphatic heterocycles. The number of piperidine rings is 1. The standard InChI is InChI=1S/C13H22N4O3/c1-8(2)6-9(14)10(18)17-5-3-4-13(7-17)11(19)15-12(20)16-13/h8-9H,3-7,14H2,1-2H3,(H2,15,16,19,20). The van der Waals surface area contributed by atoms with Gasteiger partial charge in [0.1, 0.15) is 5.54 Å². The fraction of sp³-hybridized carbons (Fsp3) is 0.769. The highest BCUT2D eigenvalue weighted by atomic mass is 16.2. The second kappa shape index (κ2) is 5.40. The number of carbonyl (C=O) groups is 3. The smallest absolute Gasteiger partial charge is 0.322 e. The predicted molar refractivity (Wildman–Crippen MR) is 72.6 cm³/mol. The number of nitrogens with zero attached hydrogens (tertiary/aromatic N) is 1. The van der Waals surface area contributed by atoms with Crippen LogP contribution in [-0.2, 0) is 9.59 Å². The summed E-state index contributed by atoms with van der Waals surface area (Å²) in [6, 6.07) is -1.04. The number of hydrogen-bond donors (Lipinski definition) is 3. The van der Waals surface area contributed by atoms with Crippen molar-refractivity contribution in [2.24, 2.45) is 11.7 Å². The lowest BCUT2D eigenvalue weighted by Gasteiger charge is -2.39. The van der Waals surface area contributed by atoms with Crippen molar-refractivity contribution in [2.45, 2.75) is 44.7 Å². The van der Waals surface area contributed by atoms with E-state index >= 15 is 0 Å². The molecule has 0 saturated carbocycles. The van der Waals surface area contributed by atoms with Gasteiger partial charge in [-0.05, 0) is 25.2 Å². The number of imide groups is 1. The number of nitrogens with two attached hydrogens (primary N) is 1. The Labute approximate surface area is 118 Å². The number of hydrogen-bond acceptors (Lipinski definition) is 4. The van der Waals surface area contributed by atoms with E-state index < -0.39 is 17.6 Å². The lowest BCUT2D eigenvalue weighted by Crippen LogP contribution is -2.61. The zero-order valence-electron chi connectivity index (χ0n) is 11.9. The molecule has 7 nitrogen and oxygen atoms in total. The molecule has 4 amide bonds. The summed E-state index contributed by atoms with van der Waals surface area (Å²) in [5.74, 6) is -0.161. The summed E-state index contributed by atoms with van der Waals surface area (Å²) in [5, 5.41) is 4.89. The van der Waals surface area contributed by atoms with Crippen molar-refractivity contribution in [3.8, 4) is 0 Å². The maximum absolute atomic E-state index is 12.3. The average Bonchev–Trinajstić information content (AvgIpc) is 2.62. The summed E-state index contributed by atoms with van der Waals surface area (Å²) in [7, 11) is 0. The first kappa shape index (κ1) is 14.8. The lowest BCUT2D eigenvalue weighted by molar-refractivity contribution is -0.137. The van der Waals surface area contributed by atoms with Crippen molar-refractivity contribution in [1.82, 2.24) is 15.5 Å². The number of amides is 4. The van der Waals surface area contributed by atoms with E-state index in [1.54, 1.807) is 4.90 Å². The van der Waals surface area contributed by atoms with Crippen LogP contribution in [0, 0.1) is 5.92 Å². The van der Waals surface area contributed by atoms with E-state index in [0.29, 0.717) is 31.7 Å². The summed E-state index contributed by atoms with van der Waals surface area (Å²) in [5.41, 5.74) is 4.95. The molecule has 0 aliphatic carbocycles. The van der Waals surface area contributed by atoms with Crippen molar-refractivity contribution in [2.75, 3.05) is 13.1 Å². The van der Waals surface area contributed by atoms with Gasteiger partial charge in [-0.2, -0.15) is 0 Å². The quantitative estimate of drug-likeness (QED) is 0.610. The fourth-order valence-corrected chi connectivity index (χ4v) is 2.90. The molecular weight excluding hydrogens is 260 g/mol. The minimum Gasteiger partial charge on any atom is -0.338 e. The van der Waals surface area contributed by atoms with Crippen LogP contribution in [0.1, 0.15) is 33.1 Å². The van der Waals surface area contributed by atoms with E-state index in [4.69, 9.17) is 5.73 Å². The fourth-order valence-electron chi connectivity index (χ4n) is 2.90. The summed E-state index contributed by atoms with van der Waals surface area (Å²) in [4.78, 5) is 37.1. The van der Waals surface area contributed by atoms with Gasteiger partial charge in [0.25, 0.3) is 5.91 Å². The number of nitrogens with one attached hydrogen (secondary N) is 2. The molecule has 2 fully saturated rings. The minimum atomic E-state index is -0.970. The molecule has 2 atom stereocenters. The third-order valence-electron chi connectivity index (χ3n) is 3.86. The average molecular weight is 282 g/mol. The highest BCUT2D eigenvalue weighted by Gasteiger charge is 2.49. The second-order valence-corrected chi connectivity index (χ2v) is 6.09. The van der Waals surface area contributed by atoms with Crippen LogP contribution in [0.15, 0.2) is 0 Å². The van der Waals surface area contributed by atoms with E-state index in [1.807, 2.05) is 13.8 Å². The van der Waals surface area contributed by atoms with Crippen LogP contribution < -0.4 is 16.4 Å². The van der Waals surface area contributed by atoms with Crippen LogP contribution in [0.5, 0.6) is 0 Å². The van der Waals surface area contributed by atoms with Crippen molar-refractivity contribution in [3.05, 3.63) is 0 Å². The van der Waals surface area contributed by atoms with Crippen LogP contribution in [0.3, 0.4) is 0 Å². The third-order valence-corrected chi connectivity index (χ3v) is 3.86. The molecule has 0 aromatic heterocycles. The van der Waals surface area contributed by atoms with E-state index in [0.717, 1.165) is 0 Å². The van der Waals surface area contributed by atoms with Gasteiger partial charge in [0, 0.05) is 6.54 Å². The Morgan fingerprint density at radius 3 is 2.70 bits per heavy atom. The van der Waals surface area contributed by atoms with Gasteiger partial charge in [-0.15, -0.1) is 0 Å². The molecular formula is C13H22N4O3. The maximum Gasteiger partial charge on any atom is 0.322 e. The van der Waals surface area contributed by atoms with Crippen LogP contribution in [0.2, 0.25) is 0 Å². The Bertz CT molecular complexity index is 437. The minimum absolute atomic E-state index is 0.147. The van der Waals surface area contributed by atoms with Gasteiger partial charge in [0.15, 0.2) is 0 Å². The molecule has 2 heterocycles. The maximum atomic E-state index is 12.3. The van der Waals surface area contributed by atoms with Crippen molar-refractivity contribution >= 4 is 17.8 Å². The molecule has 2 rings (SSSR count). The molecule has 0 aromatic rings. The van der Waals surface area contributed by atoms with Crippen LogP contribution in [0.25, 0.3) is 0 Å². The molecule has 0 radical (unpaired) electrons. The molecule has 112 valence electrons. The molecule has 20 heavy (non-hydrogen) atoms. The number of rotatable bonds is 3. The largest absolute Gasteiger partial charge is 0.338 e. The molecule has 1 spiro atoms. The molecule has 2 aliphatic rings. The van der Waals surface area contributed by atoms with Crippen molar-refractivity contribution in [1.29, 1.82) is 0 Å². The second-order valence-electron chi connectivity index (χ2n) is 6.09. The van der Waals surface area contributed by atoms with Gasteiger partial charge in [-0.3, -0.25) is 14.9 Å².